The van der Waals surface area contributed by atoms with E-state index in [2.05, 4.69) is 20.4 Å². The van der Waals surface area contributed by atoms with E-state index in [1.807, 2.05) is 17.0 Å². The second kappa shape index (κ2) is 8.75. The van der Waals surface area contributed by atoms with Crippen LogP contribution in [0.1, 0.15) is 34.3 Å². The lowest BCUT2D eigenvalue weighted by Crippen LogP contribution is -2.45. The van der Waals surface area contributed by atoms with Crippen molar-refractivity contribution in [2.75, 3.05) is 18.0 Å². The standard InChI is InChI=1S/C21H21F3N6O/c22-21(23,24)17-5-6-19(26-11-17)29-9-7-18(8-10-29)28-20(31)16-3-1-15(2-4-16)12-30-14-25-13-27-30/h1-6,11,13-14,18H,7-10,12H2,(H,28,31). The summed E-state index contributed by atoms with van der Waals surface area (Å²) in [6.45, 7) is 1.80. The third-order valence-electron chi connectivity index (χ3n) is 5.26. The third kappa shape index (κ3) is 5.19. The molecule has 1 fully saturated rings. The molecule has 0 saturated carbocycles. The lowest BCUT2D eigenvalue weighted by molar-refractivity contribution is -0.137. The minimum Gasteiger partial charge on any atom is -0.356 e. The molecule has 7 nitrogen and oxygen atoms in total. The van der Waals surface area contributed by atoms with E-state index in [9.17, 15) is 18.0 Å². The number of nitrogens with one attached hydrogen (secondary N) is 1. The molecule has 0 radical (unpaired) electrons. The maximum absolute atomic E-state index is 12.7. The Morgan fingerprint density at radius 3 is 2.42 bits per heavy atom. The molecule has 31 heavy (non-hydrogen) atoms. The van der Waals surface area contributed by atoms with Gasteiger partial charge in [0, 0.05) is 30.9 Å². The number of aromatic nitrogens is 4. The van der Waals surface area contributed by atoms with Gasteiger partial charge in [0.15, 0.2) is 0 Å². The summed E-state index contributed by atoms with van der Waals surface area (Å²) in [4.78, 5) is 22.3. The van der Waals surface area contributed by atoms with Crippen LogP contribution in [0.3, 0.4) is 0 Å². The molecular weight excluding hydrogens is 409 g/mol. The Morgan fingerprint density at radius 1 is 1.10 bits per heavy atom. The summed E-state index contributed by atoms with van der Waals surface area (Å²) in [5.74, 6) is 0.374. The van der Waals surface area contributed by atoms with E-state index in [4.69, 9.17) is 0 Å². The van der Waals surface area contributed by atoms with Gasteiger partial charge < -0.3 is 10.2 Å². The second-order valence-corrected chi connectivity index (χ2v) is 7.43. The van der Waals surface area contributed by atoms with E-state index in [0.29, 0.717) is 43.9 Å². The molecule has 3 aromatic rings. The Hall–Kier alpha value is -3.43. The highest BCUT2D eigenvalue weighted by molar-refractivity contribution is 5.94. The Balaban J connectivity index is 1.28. The molecule has 3 heterocycles. The number of carbonyl (C=O) groups is 1. The number of rotatable bonds is 5. The van der Waals surface area contributed by atoms with Gasteiger partial charge in [0.25, 0.3) is 5.91 Å². The van der Waals surface area contributed by atoms with E-state index in [-0.39, 0.29) is 11.9 Å². The summed E-state index contributed by atoms with van der Waals surface area (Å²) in [7, 11) is 0. The van der Waals surface area contributed by atoms with Crippen molar-refractivity contribution in [3.63, 3.8) is 0 Å². The first-order valence-corrected chi connectivity index (χ1v) is 9.89. The molecule has 0 spiro atoms. The molecule has 0 aliphatic carbocycles. The molecule has 1 saturated heterocycles. The van der Waals surface area contributed by atoms with Crippen molar-refractivity contribution >= 4 is 11.7 Å². The first-order chi connectivity index (χ1) is 14.9. The molecule has 1 aliphatic rings. The number of hydrogen-bond donors (Lipinski definition) is 1. The zero-order valence-corrected chi connectivity index (χ0v) is 16.6. The number of piperidine rings is 1. The molecule has 1 N–H and O–H groups in total. The highest BCUT2D eigenvalue weighted by Crippen LogP contribution is 2.29. The largest absolute Gasteiger partial charge is 0.417 e. The molecule has 0 unspecified atom stereocenters. The Labute approximate surface area is 176 Å². The van der Waals surface area contributed by atoms with Gasteiger partial charge in [-0.15, -0.1) is 0 Å². The highest BCUT2D eigenvalue weighted by atomic mass is 19.4. The van der Waals surface area contributed by atoms with Crippen LogP contribution in [-0.2, 0) is 12.7 Å². The lowest BCUT2D eigenvalue weighted by atomic mass is 10.0. The third-order valence-corrected chi connectivity index (χ3v) is 5.26. The van der Waals surface area contributed by atoms with Crippen LogP contribution < -0.4 is 10.2 Å². The Bertz CT molecular complexity index is 995. The topological polar surface area (TPSA) is 75.9 Å². The van der Waals surface area contributed by atoms with Crippen molar-refractivity contribution in [2.45, 2.75) is 31.6 Å². The van der Waals surface area contributed by atoms with Crippen molar-refractivity contribution in [3.8, 4) is 0 Å². The van der Waals surface area contributed by atoms with Crippen LogP contribution in [0.5, 0.6) is 0 Å². The number of nitrogens with zero attached hydrogens (tertiary/aromatic N) is 5. The van der Waals surface area contributed by atoms with Gasteiger partial charge in [-0.25, -0.2) is 14.6 Å². The number of carbonyl (C=O) groups excluding carboxylic acids is 1. The highest BCUT2D eigenvalue weighted by Gasteiger charge is 2.31. The number of anilines is 1. The monoisotopic (exact) mass is 430 g/mol. The van der Waals surface area contributed by atoms with E-state index in [0.717, 1.165) is 17.8 Å². The summed E-state index contributed by atoms with van der Waals surface area (Å²) in [6.07, 6.45) is 0.957. The van der Waals surface area contributed by atoms with Crippen LogP contribution in [0.25, 0.3) is 0 Å². The van der Waals surface area contributed by atoms with Gasteiger partial charge in [0.1, 0.15) is 18.5 Å². The Morgan fingerprint density at radius 2 is 1.84 bits per heavy atom. The lowest BCUT2D eigenvalue weighted by Gasteiger charge is -2.33. The zero-order chi connectivity index (χ0) is 21.8. The van der Waals surface area contributed by atoms with Crippen molar-refractivity contribution < 1.29 is 18.0 Å². The summed E-state index contributed by atoms with van der Waals surface area (Å²) < 4.78 is 39.7. The number of benzene rings is 1. The molecule has 0 atom stereocenters. The van der Waals surface area contributed by atoms with E-state index < -0.39 is 11.7 Å². The minimum absolute atomic E-state index is 0.00743. The summed E-state index contributed by atoms with van der Waals surface area (Å²) in [6, 6.07) is 9.77. The Kier molecular flexibility index (Phi) is 5.88. The number of halogens is 3. The fourth-order valence-corrected chi connectivity index (χ4v) is 3.53. The van der Waals surface area contributed by atoms with Gasteiger partial charge in [-0.05, 0) is 42.7 Å². The maximum Gasteiger partial charge on any atom is 0.417 e. The summed E-state index contributed by atoms with van der Waals surface area (Å²) in [5, 5.41) is 7.10. The molecule has 4 rings (SSSR count). The molecule has 1 aliphatic heterocycles. The fraction of sp³-hybridized carbons (Fsp3) is 0.333. The van der Waals surface area contributed by atoms with Gasteiger partial charge in [0.2, 0.25) is 0 Å². The molecule has 162 valence electrons. The average Bonchev–Trinajstić information content (AvgIpc) is 3.27. The van der Waals surface area contributed by atoms with Crippen LogP contribution >= 0.6 is 0 Å². The smallest absolute Gasteiger partial charge is 0.356 e. The summed E-state index contributed by atoms with van der Waals surface area (Å²) >= 11 is 0. The van der Waals surface area contributed by atoms with Crippen LogP contribution in [0.2, 0.25) is 0 Å². The fourth-order valence-electron chi connectivity index (χ4n) is 3.53. The summed E-state index contributed by atoms with van der Waals surface area (Å²) in [5.41, 5.74) is 0.833. The van der Waals surface area contributed by atoms with Gasteiger partial charge in [-0.3, -0.25) is 4.79 Å². The van der Waals surface area contributed by atoms with Crippen molar-refractivity contribution in [1.29, 1.82) is 0 Å². The molecule has 1 amide bonds. The average molecular weight is 430 g/mol. The van der Waals surface area contributed by atoms with Gasteiger partial charge >= 0.3 is 6.18 Å². The first kappa shape index (κ1) is 20.8. The number of alkyl halides is 3. The van der Waals surface area contributed by atoms with Crippen molar-refractivity contribution in [2.24, 2.45) is 0 Å². The predicted octanol–water partition coefficient (Wildman–Crippen LogP) is 3.14. The number of hydrogen-bond acceptors (Lipinski definition) is 5. The van der Waals surface area contributed by atoms with E-state index in [1.54, 1.807) is 23.1 Å². The molecule has 1 aromatic carbocycles. The second-order valence-electron chi connectivity index (χ2n) is 7.43. The number of pyridine rings is 1. The van der Waals surface area contributed by atoms with E-state index >= 15 is 0 Å². The molecule has 10 heteroatoms. The van der Waals surface area contributed by atoms with Crippen molar-refractivity contribution in [1.82, 2.24) is 25.1 Å². The minimum atomic E-state index is -4.39. The molecule has 0 bridgehead atoms. The molecule has 2 aromatic heterocycles. The SMILES string of the molecule is O=C(NC1CCN(c2ccc(C(F)(F)F)cn2)CC1)c1ccc(Cn2cncn2)cc1. The van der Waals surface area contributed by atoms with Gasteiger partial charge in [-0.2, -0.15) is 18.3 Å². The quantitative estimate of drug-likeness (QED) is 0.673. The van der Waals surface area contributed by atoms with Crippen LogP contribution in [0.4, 0.5) is 19.0 Å². The molecular formula is C21H21F3N6O. The number of amides is 1. The van der Waals surface area contributed by atoms with Gasteiger partial charge in [0.05, 0.1) is 12.1 Å². The normalized spacial score (nSPS) is 15.1. The van der Waals surface area contributed by atoms with Crippen molar-refractivity contribution in [3.05, 3.63) is 71.9 Å². The van der Waals surface area contributed by atoms with Crippen LogP contribution in [0, 0.1) is 0 Å². The first-order valence-electron chi connectivity index (χ1n) is 9.89. The zero-order valence-electron chi connectivity index (χ0n) is 16.6. The van der Waals surface area contributed by atoms with Crippen LogP contribution in [-0.4, -0.2) is 44.8 Å². The maximum atomic E-state index is 12.7. The van der Waals surface area contributed by atoms with Gasteiger partial charge in [-0.1, -0.05) is 12.1 Å². The van der Waals surface area contributed by atoms with E-state index in [1.165, 1.54) is 12.4 Å². The predicted molar refractivity (Wildman–Crippen MR) is 108 cm³/mol. The van der Waals surface area contributed by atoms with Crippen LogP contribution in [0.15, 0.2) is 55.2 Å².